The first-order valence-electron chi connectivity index (χ1n) is 8.35. The number of likely N-dealkylation sites (tertiary alicyclic amines) is 1. The molecule has 4 nitrogen and oxygen atoms in total. The number of rotatable bonds is 3. The van der Waals surface area contributed by atoms with Crippen LogP contribution in [0.3, 0.4) is 0 Å². The number of amides is 2. The highest BCUT2D eigenvalue weighted by Crippen LogP contribution is 2.24. The third-order valence-corrected chi connectivity index (χ3v) is 5.58. The van der Waals surface area contributed by atoms with E-state index in [2.05, 4.69) is 5.32 Å². The summed E-state index contributed by atoms with van der Waals surface area (Å²) in [5.74, 6) is -0.435. The Morgan fingerprint density at radius 1 is 0.852 bits per heavy atom. The predicted molar refractivity (Wildman–Crippen MR) is 109 cm³/mol. The standard InChI is InChI=1S/C19H16Cl4N2O2/c20-11-1-3-16(22)14(9-11)18(26)24-13-5-7-25(8-6-13)19(27)15-10-12(21)2-4-17(15)23/h1-4,9-10,13H,5-8H2,(H,24,26). The Balaban J connectivity index is 1.60. The number of nitrogens with one attached hydrogen (secondary N) is 1. The third-order valence-electron chi connectivity index (χ3n) is 4.45. The van der Waals surface area contributed by atoms with Crippen LogP contribution in [0.15, 0.2) is 36.4 Å². The van der Waals surface area contributed by atoms with Gasteiger partial charge in [0.05, 0.1) is 21.2 Å². The molecule has 0 atom stereocenters. The fraction of sp³-hybridized carbons (Fsp3) is 0.263. The maximum absolute atomic E-state index is 12.7. The molecule has 142 valence electrons. The summed E-state index contributed by atoms with van der Waals surface area (Å²) in [5.41, 5.74) is 0.728. The van der Waals surface area contributed by atoms with Crippen LogP contribution in [0.4, 0.5) is 0 Å². The molecule has 0 unspecified atom stereocenters. The molecule has 8 heteroatoms. The van der Waals surface area contributed by atoms with Gasteiger partial charge in [0.1, 0.15) is 0 Å². The number of hydrogen-bond donors (Lipinski definition) is 1. The SMILES string of the molecule is O=C(NC1CCN(C(=O)c2cc(Cl)ccc2Cl)CC1)c1cc(Cl)ccc1Cl. The minimum Gasteiger partial charge on any atom is -0.349 e. The minimum absolute atomic E-state index is 0.0496. The van der Waals surface area contributed by atoms with E-state index in [1.54, 1.807) is 41.3 Å². The van der Waals surface area contributed by atoms with Crippen molar-refractivity contribution in [2.75, 3.05) is 13.1 Å². The second-order valence-electron chi connectivity index (χ2n) is 6.29. The lowest BCUT2D eigenvalue weighted by molar-refractivity contribution is 0.0698. The van der Waals surface area contributed by atoms with Crippen LogP contribution in [0.25, 0.3) is 0 Å². The molecule has 0 bridgehead atoms. The van der Waals surface area contributed by atoms with Gasteiger partial charge in [-0.15, -0.1) is 0 Å². The van der Waals surface area contributed by atoms with Crippen LogP contribution in [0.5, 0.6) is 0 Å². The first-order chi connectivity index (χ1) is 12.8. The van der Waals surface area contributed by atoms with Crippen LogP contribution >= 0.6 is 46.4 Å². The van der Waals surface area contributed by atoms with Crippen LogP contribution in [0.2, 0.25) is 20.1 Å². The Hall–Kier alpha value is -1.46. The molecule has 0 aliphatic carbocycles. The summed E-state index contributed by atoms with van der Waals surface area (Å²) < 4.78 is 0. The second-order valence-corrected chi connectivity index (χ2v) is 7.98. The summed E-state index contributed by atoms with van der Waals surface area (Å²) in [6.45, 7) is 1.02. The Kier molecular flexibility index (Phi) is 6.53. The quantitative estimate of drug-likeness (QED) is 0.693. The van der Waals surface area contributed by atoms with Gasteiger partial charge in [0.2, 0.25) is 0 Å². The lowest BCUT2D eigenvalue weighted by Crippen LogP contribution is -2.46. The lowest BCUT2D eigenvalue weighted by Gasteiger charge is -2.32. The number of carbonyl (C=O) groups excluding carboxylic acids is 2. The Morgan fingerprint density at radius 2 is 1.37 bits per heavy atom. The number of carbonyl (C=O) groups is 2. The predicted octanol–water partition coefficient (Wildman–Crippen LogP) is 5.33. The van der Waals surface area contributed by atoms with Gasteiger partial charge in [0, 0.05) is 29.2 Å². The van der Waals surface area contributed by atoms with Crippen molar-refractivity contribution < 1.29 is 9.59 Å². The Labute approximate surface area is 177 Å². The average molecular weight is 446 g/mol. The van der Waals surface area contributed by atoms with E-state index in [4.69, 9.17) is 46.4 Å². The monoisotopic (exact) mass is 444 g/mol. The molecule has 2 aromatic carbocycles. The van der Waals surface area contributed by atoms with Gasteiger partial charge in [0.15, 0.2) is 0 Å². The molecule has 1 saturated heterocycles. The Bertz CT molecular complexity index is 880. The van der Waals surface area contributed by atoms with Gasteiger partial charge < -0.3 is 10.2 Å². The van der Waals surface area contributed by atoms with Crippen LogP contribution in [0, 0.1) is 0 Å². The maximum atomic E-state index is 12.7. The summed E-state index contributed by atoms with van der Waals surface area (Å²) in [5, 5.41) is 4.58. The summed E-state index contributed by atoms with van der Waals surface area (Å²) in [6.07, 6.45) is 1.27. The second kappa shape index (κ2) is 8.70. The molecule has 0 spiro atoms. The fourth-order valence-corrected chi connectivity index (χ4v) is 3.74. The number of hydrogen-bond acceptors (Lipinski definition) is 2. The maximum Gasteiger partial charge on any atom is 0.255 e. The third kappa shape index (κ3) is 4.88. The van der Waals surface area contributed by atoms with Gasteiger partial charge in [-0.2, -0.15) is 0 Å². The van der Waals surface area contributed by atoms with Gasteiger partial charge in [-0.1, -0.05) is 46.4 Å². The fourth-order valence-electron chi connectivity index (χ4n) is 2.99. The number of halogens is 4. The van der Waals surface area contributed by atoms with E-state index in [1.807, 2.05) is 0 Å². The van der Waals surface area contributed by atoms with E-state index in [0.717, 1.165) is 0 Å². The van der Waals surface area contributed by atoms with Gasteiger partial charge in [-0.25, -0.2) is 0 Å². The van der Waals surface area contributed by atoms with Crippen molar-refractivity contribution in [3.8, 4) is 0 Å². The van der Waals surface area contributed by atoms with E-state index < -0.39 is 0 Å². The molecule has 1 aliphatic rings. The summed E-state index contributed by atoms with van der Waals surface area (Å²) in [7, 11) is 0. The number of nitrogens with zero attached hydrogens (tertiary/aromatic N) is 1. The van der Waals surface area contributed by atoms with E-state index in [-0.39, 0.29) is 17.9 Å². The van der Waals surface area contributed by atoms with Crippen LogP contribution in [-0.2, 0) is 0 Å². The molecule has 1 N–H and O–H groups in total. The van der Waals surface area contributed by atoms with Crippen molar-refractivity contribution in [3.63, 3.8) is 0 Å². The molecule has 3 rings (SSSR count). The van der Waals surface area contributed by atoms with E-state index in [0.29, 0.717) is 57.1 Å². The van der Waals surface area contributed by atoms with E-state index >= 15 is 0 Å². The highest BCUT2D eigenvalue weighted by atomic mass is 35.5. The summed E-state index contributed by atoms with van der Waals surface area (Å²) >= 11 is 24.1. The molecular formula is C19H16Cl4N2O2. The highest BCUT2D eigenvalue weighted by molar-refractivity contribution is 6.36. The van der Waals surface area contributed by atoms with Gasteiger partial charge in [-0.3, -0.25) is 9.59 Å². The first-order valence-corrected chi connectivity index (χ1v) is 9.86. The lowest BCUT2D eigenvalue weighted by atomic mass is 10.0. The van der Waals surface area contributed by atoms with Gasteiger partial charge >= 0.3 is 0 Å². The normalized spacial score (nSPS) is 14.9. The zero-order chi connectivity index (χ0) is 19.6. The smallest absolute Gasteiger partial charge is 0.255 e. The van der Waals surface area contributed by atoms with E-state index in [9.17, 15) is 9.59 Å². The van der Waals surface area contributed by atoms with Crippen LogP contribution in [-0.4, -0.2) is 35.8 Å². The van der Waals surface area contributed by atoms with Crippen molar-refractivity contribution in [1.82, 2.24) is 10.2 Å². The molecule has 0 radical (unpaired) electrons. The van der Waals surface area contributed by atoms with Crippen molar-refractivity contribution >= 4 is 58.2 Å². The first kappa shape index (κ1) is 20.3. The molecule has 1 heterocycles. The molecule has 1 aliphatic heterocycles. The molecule has 0 saturated carbocycles. The van der Waals surface area contributed by atoms with Crippen molar-refractivity contribution in [2.24, 2.45) is 0 Å². The highest BCUT2D eigenvalue weighted by Gasteiger charge is 2.26. The summed E-state index contributed by atoms with van der Waals surface area (Å²) in [6, 6.07) is 9.54. The topological polar surface area (TPSA) is 49.4 Å². The number of benzene rings is 2. The van der Waals surface area contributed by atoms with Crippen molar-refractivity contribution in [3.05, 3.63) is 67.6 Å². The largest absolute Gasteiger partial charge is 0.349 e. The van der Waals surface area contributed by atoms with Crippen LogP contribution in [0.1, 0.15) is 33.6 Å². The molecular weight excluding hydrogens is 430 g/mol. The molecule has 1 fully saturated rings. The van der Waals surface area contributed by atoms with E-state index in [1.165, 1.54) is 0 Å². The Morgan fingerprint density at radius 3 is 1.96 bits per heavy atom. The zero-order valence-corrected chi connectivity index (χ0v) is 17.2. The summed E-state index contributed by atoms with van der Waals surface area (Å²) in [4.78, 5) is 26.8. The van der Waals surface area contributed by atoms with Crippen molar-refractivity contribution in [1.29, 1.82) is 0 Å². The molecule has 2 amide bonds. The zero-order valence-electron chi connectivity index (χ0n) is 14.1. The molecule has 0 aromatic heterocycles. The number of piperidine rings is 1. The molecule has 2 aromatic rings. The van der Waals surface area contributed by atoms with Crippen molar-refractivity contribution in [2.45, 2.75) is 18.9 Å². The van der Waals surface area contributed by atoms with Gasteiger partial charge in [0.25, 0.3) is 11.8 Å². The van der Waals surface area contributed by atoms with Crippen LogP contribution < -0.4 is 5.32 Å². The molecule has 27 heavy (non-hydrogen) atoms. The average Bonchev–Trinajstić information content (AvgIpc) is 2.65. The minimum atomic E-state index is -0.273. The van der Waals surface area contributed by atoms with Gasteiger partial charge in [-0.05, 0) is 49.2 Å².